The van der Waals surface area contributed by atoms with Crippen molar-refractivity contribution < 1.29 is 0 Å². The summed E-state index contributed by atoms with van der Waals surface area (Å²) in [5.74, 6) is 0. The summed E-state index contributed by atoms with van der Waals surface area (Å²) in [5.41, 5.74) is 8.52. The molecule has 0 saturated heterocycles. The van der Waals surface area contributed by atoms with E-state index in [2.05, 4.69) is 195 Å². The molecule has 0 fully saturated rings. The molecule has 0 radical (unpaired) electrons. The molecule has 0 N–H and O–H groups in total. The Bertz CT molecular complexity index is 2210. The third kappa shape index (κ3) is 7.11. The van der Waals surface area contributed by atoms with Gasteiger partial charge in [-0.15, -0.1) is 0 Å². The summed E-state index contributed by atoms with van der Waals surface area (Å²) in [7, 11) is 0. The number of aryl methyl sites for hydroxylation is 2. The van der Waals surface area contributed by atoms with E-state index < -0.39 is 0 Å². The molecule has 0 unspecified atom stereocenters. The second-order valence-electron chi connectivity index (χ2n) is 11.6. The van der Waals surface area contributed by atoms with Crippen molar-refractivity contribution >= 4 is 49.4 Å². The van der Waals surface area contributed by atoms with E-state index in [0.717, 1.165) is 11.4 Å². The predicted octanol–water partition coefficient (Wildman–Crippen LogP) is 13.6. The Hall–Kier alpha value is -5.66. The van der Waals surface area contributed by atoms with Gasteiger partial charge in [0.1, 0.15) is 0 Å². The zero-order chi connectivity index (χ0) is 32.6. The van der Waals surface area contributed by atoms with Crippen LogP contribution < -0.4 is 4.90 Å². The molecule has 47 heavy (non-hydrogen) atoms. The van der Waals surface area contributed by atoms with Crippen molar-refractivity contribution in [2.24, 2.45) is 0 Å². The minimum atomic E-state index is 1.15. The van der Waals surface area contributed by atoms with Crippen molar-refractivity contribution in [3.05, 3.63) is 187 Å². The molecule has 8 rings (SSSR count). The minimum Gasteiger partial charge on any atom is -0.310 e. The van der Waals surface area contributed by atoms with Gasteiger partial charge in [0.15, 0.2) is 0 Å². The van der Waals surface area contributed by atoms with Crippen LogP contribution in [0.15, 0.2) is 176 Å². The van der Waals surface area contributed by atoms with Crippen LogP contribution in [0.2, 0.25) is 0 Å². The molecule has 0 saturated carbocycles. The largest absolute Gasteiger partial charge is 0.310 e. The highest BCUT2D eigenvalue weighted by atomic mass is 15.1. The lowest BCUT2D eigenvalue weighted by molar-refractivity contribution is 1.29. The maximum absolute atomic E-state index is 2.34. The van der Waals surface area contributed by atoms with Gasteiger partial charge in [0, 0.05) is 16.8 Å². The fraction of sp³-hybridized carbons (Fsp3) is 0.0870. The van der Waals surface area contributed by atoms with Crippen molar-refractivity contribution in [1.29, 1.82) is 0 Å². The van der Waals surface area contributed by atoms with E-state index in [1.165, 1.54) is 60.3 Å². The second kappa shape index (κ2) is 14.6. The third-order valence-corrected chi connectivity index (χ3v) is 8.39. The van der Waals surface area contributed by atoms with Gasteiger partial charge in [-0.1, -0.05) is 158 Å². The number of rotatable bonds is 4. The maximum Gasteiger partial charge on any atom is 0.0540 e. The van der Waals surface area contributed by atoms with Crippen LogP contribution in [0.5, 0.6) is 0 Å². The Morgan fingerprint density at radius 1 is 0.340 bits per heavy atom. The molecular weight excluding hydrogens is 567 g/mol. The van der Waals surface area contributed by atoms with E-state index in [9.17, 15) is 0 Å². The zero-order valence-electron chi connectivity index (χ0n) is 27.7. The Balaban J connectivity index is 0.000000190. The first-order valence-corrected chi connectivity index (χ1v) is 16.5. The van der Waals surface area contributed by atoms with E-state index in [1.54, 1.807) is 0 Å². The molecule has 230 valence electrons. The first-order chi connectivity index (χ1) is 23.1. The van der Waals surface area contributed by atoms with Crippen molar-refractivity contribution in [3.63, 3.8) is 0 Å². The summed E-state index contributed by atoms with van der Waals surface area (Å²) in [6, 6.07) is 62.8. The standard InChI is InChI=1S/C29H23N.C15H12.C2H6/c1-22-14-18-26(19-15-22)30(29-13-7-11-25-10-5-6-12-28(25)29)27-20-16-24(17-21-27)23-8-3-2-4-9-23;1-11-6-7-14-9-12-4-2-3-5-13(12)10-15(14)8-11;1-2/h2-21H,1H3;2-10H,1H3;1-2H3. The lowest BCUT2D eigenvalue weighted by atomic mass is 10.0. The van der Waals surface area contributed by atoms with Gasteiger partial charge in [-0.05, 0) is 94.4 Å². The molecule has 8 aromatic rings. The van der Waals surface area contributed by atoms with E-state index in [1.807, 2.05) is 13.8 Å². The van der Waals surface area contributed by atoms with Gasteiger partial charge in [0.25, 0.3) is 0 Å². The van der Waals surface area contributed by atoms with Gasteiger partial charge in [-0.3, -0.25) is 0 Å². The predicted molar refractivity (Wildman–Crippen MR) is 206 cm³/mol. The highest BCUT2D eigenvalue weighted by Gasteiger charge is 2.15. The molecule has 0 aliphatic carbocycles. The number of hydrogen-bond acceptors (Lipinski definition) is 1. The average molecular weight is 608 g/mol. The molecule has 0 aromatic heterocycles. The molecule has 1 nitrogen and oxygen atoms in total. The first kappa shape index (κ1) is 31.3. The Morgan fingerprint density at radius 3 is 1.51 bits per heavy atom. The molecule has 0 aliphatic rings. The molecule has 0 atom stereocenters. The van der Waals surface area contributed by atoms with Crippen LogP contribution in [0.25, 0.3) is 43.4 Å². The molecular formula is C46H41N. The number of hydrogen-bond donors (Lipinski definition) is 0. The van der Waals surface area contributed by atoms with E-state index in [0.29, 0.717) is 0 Å². The SMILES string of the molecule is CC.Cc1ccc(N(c2ccc(-c3ccccc3)cc2)c2cccc3ccccc23)cc1.Cc1ccc2cc3ccccc3cc2c1. The fourth-order valence-corrected chi connectivity index (χ4v) is 6.02. The van der Waals surface area contributed by atoms with Gasteiger partial charge >= 0.3 is 0 Å². The van der Waals surface area contributed by atoms with Crippen LogP contribution in [-0.2, 0) is 0 Å². The van der Waals surface area contributed by atoms with Gasteiger partial charge in [0.05, 0.1) is 5.69 Å². The van der Waals surface area contributed by atoms with Gasteiger partial charge in [-0.25, -0.2) is 0 Å². The van der Waals surface area contributed by atoms with E-state index >= 15 is 0 Å². The quantitative estimate of drug-likeness (QED) is 0.180. The smallest absolute Gasteiger partial charge is 0.0540 e. The van der Waals surface area contributed by atoms with E-state index in [4.69, 9.17) is 0 Å². The molecule has 0 aliphatic heterocycles. The molecule has 0 amide bonds. The topological polar surface area (TPSA) is 3.24 Å². The molecule has 8 aromatic carbocycles. The summed E-state index contributed by atoms with van der Waals surface area (Å²) in [6.07, 6.45) is 0. The average Bonchev–Trinajstić information content (AvgIpc) is 3.13. The summed E-state index contributed by atoms with van der Waals surface area (Å²) in [5, 5.41) is 7.76. The molecule has 0 bridgehead atoms. The van der Waals surface area contributed by atoms with Crippen molar-refractivity contribution in [3.8, 4) is 11.1 Å². The van der Waals surface area contributed by atoms with Crippen LogP contribution in [0.1, 0.15) is 25.0 Å². The van der Waals surface area contributed by atoms with Gasteiger partial charge in [-0.2, -0.15) is 0 Å². The van der Waals surface area contributed by atoms with Crippen LogP contribution in [0.3, 0.4) is 0 Å². The van der Waals surface area contributed by atoms with Crippen molar-refractivity contribution in [2.45, 2.75) is 27.7 Å². The monoisotopic (exact) mass is 607 g/mol. The maximum atomic E-state index is 2.34. The Kier molecular flexibility index (Phi) is 9.75. The number of fused-ring (bicyclic) bond motifs is 3. The highest BCUT2D eigenvalue weighted by Crippen LogP contribution is 2.39. The zero-order valence-corrected chi connectivity index (χ0v) is 27.7. The minimum absolute atomic E-state index is 1.15. The molecule has 0 spiro atoms. The van der Waals surface area contributed by atoms with Gasteiger partial charge in [0.2, 0.25) is 0 Å². The lowest BCUT2D eigenvalue weighted by Crippen LogP contribution is -2.10. The summed E-state index contributed by atoms with van der Waals surface area (Å²) < 4.78 is 0. The third-order valence-electron chi connectivity index (χ3n) is 8.39. The van der Waals surface area contributed by atoms with Crippen LogP contribution in [0, 0.1) is 13.8 Å². The lowest BCUT2D eigenvalue weighted by Gasteiger charge is -2.27. The molecule has 0 heterocycles. The summed E-state index contributed by atoms with van der Waals surface area (Å²) in [6.45, 7) is 8.26. The van der Waals surface area contributed by atoms with Crippen LogP contribution in [-0.4, -0.2) is 0 Å². The normalized spacial score (nSPS) is 10.6. The van der Waals surface area contributed by atoms with Crippen molar-refractivity contribution in [2.75, 3.05) is 4.90 Å². The van der Waals surface area contributed by atoms with Crippen LogP contribution >= 0.6 is 0 Å². The van der Waals surface area contributed by atoms with Gasteiger partial charge < -0.3 is 4.90 Å². The number of anilines is 3. The summed E-state index contributed by atoms with van der Waals surface area (Å²) >= 11 is 0. The number of benzene rings is 8. The number of nitrogens with zero attached hydrogens (tertiary/aromatic N) is 1. The van der Waals surface area contributed by atoms with E-state index in [-0.39, 0.29) is 0 Å². The van der Waals surface area contributed by atoms with Crippen LogP contribution in [0.4, 0.5) is 17.1 Å². The molecule has 1 heteroatoms. The summed E-state index contributed by atoms with van der Waals surface area (Å²) in [4.78, 5) is 2.34. The first-order valence-electron chi connectivity index (χ1n) is 16.5. The second-order valence-corrected chi connectivity index (χ2v) is 11.6. The Morgan fingerprint density at radius 2 is 0.830 bits per heavy atom. The Labute approximate surface area is 279 Å². The highest BCUT2D eigenvalue weighted by molar-refractivity contribution is 5.99. The van der Waals surface area contributed by atoms with Crippen molar-refractivity contribution in [1.82, 2.24) is 0 Å². The fourth-order valence-electron chi connectivity index (χ4n) is 6.02.